The minimum Gasteiger partial charge on any atom is -0.447 e. The van der Waals surface area contributed by atoms with E-state index in [0.717, 1.165) is 11.8 Å². The van der Waals surface area contributed by atoms with E-state index in [1.165, 1.54) is 36.1 Å². The number of benzene rings is 1. The van der Waals surface area contributed by atoms with Crippen LogP contribution in [-0.4, -0.2) is 38.6 Å². The summed E-state index contributed by atoms with van der Waals surface area (Å²) >= 11 is 0. The first kappa shape index (κ1) is 20.3. The van der Waals surface area contributed by atoms with E-state index < -0.39 is 8.32 Å². The van der Waals surface area contributed by atoms with Gasteiger partial charge in [-0.15, -0.1) is 0 Å². The zero-order valence-electron chi connectivity index (χ0n) is 19.0. The molecule has 1 aliphatic heterocycles. The van der Waals surface area contributed by atoms with Gasteiger partial charge >= 0.3 is 6.09 Å². The quantitative estimate of drug-likeness (QED) is 0.550. The zero-order chi connectivity index (χ0) is 21.3. The van der Waals surface area contributed by atoms with E-state index in [2.05, 4.69) is 64.2 Å². The van der Waals surface area contributed by atoms with Crippen LogP contribution in [0.2, 0.25) is 18.1 Å². The lowest BCUT2D eigenvalue weighted by Gasteiger charge is -2.48. The van der Waals surface area contributed by atoms with Crippen LogP contribution in [-0.2, 0) is 9.16 Å². The maximum Gasteiger partial charge on any atom is 0.414 e. The summed E-state index contributed by atoms with van der Waals surface area (Å²) in [5.74, 6) is 2.67. The highest BCUT2D eigenvalue weighted by Gasteiger charge is 2.60. The van der Waals surface area contributed by atoms with Crippen LogP contribution >= 0.6 is 0 Å². The van der Waals surface area contributed by atoms with Crippen LogP contribution < -0.4 is 0 Å². The SMILES string of the molecule is CC(C)(C)[Si](C)(C)OC[C@@H]1COC(=O)N1C1=C(c2ccccc2)[C@H]2[C@@H]3CC[C@@H](C3)[C@@H]12. The molecule has 162 valence electrons. The van der Waals surface area contributed by atoms with Gasteiger partial charge in [0, 0.05) is 11.6 Å². The van der Waals surface area contributed by atoms with Gasteiger partial charge in [0.1, 0.15) is 6.61 Å². The number of amides is 1. The molecule has 0 aromatic heterocycles. The molecular formula is C25H35NO3Si. The van der Waals surface area contributed by atoms with Gasteiger partial charge in [-0.1, -0.05) is 51.1 Å². The summed E-state index contributed by atoms with van der Waals surface area (Å²) < 4.78 is 12.1. The molecule has 5 rings (SSSR count). The summed E-state index contributed by atoms with van der Waals surface area (Å²) in [4.78, 5) is 14.9. The Hall–Kier alpha value is -1.59. The van der Waals surface area contributed by atoms with E-state index in [1.54, 1.807) is 0 Å². The number of fused-ring (bicyclic) bond motifs is 5. The van der Waals surface area contributed by atoms with Crippen molar-refractivity contribution in [2.75, 3.05) is 13.2 Å². The molecule has 1 heterocycles. The Morgan fingerprint density at radius 3 is 2.43 bits per heavy atom. The predicted octanol–water partition coefficient (Wildman–Crippen LogP) is 5.92. The highest BCUT2D eigenvalue weighted by Crippen LogP contribution is 2.67. The first-order valence-electron chi connectivity index (χ1n) is 11.6. The van der Waals surface area contributed by atoms with Crippen LogP contribution in [0.1, 0.15) is 45.6 Å². The van der Waals surface area contributed by atoms with Gasteiger partial charge in [0.15, 0.2) is 8.32 Å². The highest BCUT2D eigenvalue weighted by molar-refractivity contribution is 6.74. The predicted molar refractivity (Wildman–Crippen MR) is 121 cm³/mol. The number of cyclic esters (lactones) is 1. The molecule has 1 saturated heterocycles. The molecule has 0 spiro atoms. The molecule has 4 nitrogen and oxygen atoms in total. The van der Waals surface area contributed by atoms with Gasteiger partial charge in [0.05, 0.1) is 12.6 Å². The van der Waals surface area contributed by atoms with Crippen molar-refractivity contribution in [3.63, 3.8) is 0 Å². The molecule has 2 saturated carbocycles. The number of ether oxygens (including phenoxy) is 1. The fourth-order valence-electron chi connectivity index (χ4n) is 6.00. The van der Waals surface area contributed by atoms with Gasteiger partial charge in [0.25, 0.3) is 0 Å². The number of carbonyl (C=O) groups excluding carboxylic acids is 1. The van der Waals surface area contributed by atoms with Gasteiger partial charge in [0.2, 0.25) is 0 Å². The lowest BCUT2D eigenvalue weighted by Crippen LogP contribution is -2.49. The molecule has 3 fully saturated rings. The second-order valence-corrected chi connectivity index (χ2v) is 16.0. The van der Waals surface area contributed by atoms with E-state index >= 15 is 0 Å². The second kappa shape index (κ2) is 6.96. The molecule has 3 aliphatic carbocycles. The first-order chi connectivity index (χ1) is 14.2. The third-order valence-corrected chi connectivity index (χ3v) is 13.1. The van der Waals surface area contributed by atoms with E-state index in [1.807, 2.05) is 4.90 Å². The number of hydrogen-bond donors (Lipinski definition) is 0. The summed E-state index contributed by atoms with van der Waals surface area (Å²) in [5, 5.41) is 0.155. The third-order valence-electron chi connectivity index (χ3n) is 8.59. The summed E-state index contributed by atoms with van der Waals surface area (Å²) in [5.41, 5.74) is 3.94. The van der Waals surface area contributed by atoms with Crippen LogP contribution in [0.3, 0.4) is 0 Å². The second-order valence-electron chi connectivity index (χ2n) is 11.2. The number of rotatable bonds is 5. The molecule has 5 atom stereocenters. The maximum atomic E-state index is 12.9. The normalized spacial score (nSPS) is 33.0. The molecule has 5 heteroatoms. The van der Waals surface area contributed by atoms with Crippen molar-refractivity contribution in [3.8, 4) is 0 Å². The Balaban J connectivity index is 1.47. The lowest BCUT2D eigenvalue weighted by molar-refractivity contribution is 0.144. The van der Waals surface area contributed by atoms with Gasteiger partial charge in [-0.3, -0.25) is 4.90 Å². The van der Waals surface area contributed by atoms with Crippen molar-refractivity contribution < 1.29 is 14.0 Å². The lowest BCUT2D eigenvalue weighted by atomic mass is 9.61. The van der Waals surface area contributed by atoms with Crippen LogP contribution in [0, 0.1) is 23.7 Å². The number of hydrogen-bond acceptors (Lipinski definition) is 3. The average Bonchev–Trinajstić information content (AvgIpc) is 3.34. The topological polar surface area (TPSA) is 38.8 Å². The minimum atomic E-state index is -1.88. The van der Waals surface area contributed by atoms with Crippen LogP contribution in [0.15, 0.2) is 36.0 Å². The fraction of sp³-hybridized carbons (Fsp3) is 0.640. The van der Waals surface area contributed by atoms with Crippen molar-refractivity contribution in [3.05, 3.63) is 41.6 Å². The van der Waals surface area contributed by atoms with E-state index in [4.69, 9.17) is 9.16 Å². The molecular weight excluding hydrogens is 390 g/mol. The van der Waals surface area contributed by atoms with Gasteiger partial charge < -0.3 is 9.16 Å². The third kappa shape index (κ3) is 3.00. The Morgan fingerprint density at radius 1 is 1.10 bits per heavy atom. The first-order valence-corrected chi connectivity index (χ1v) is 14.5. The van der Waals surface area contributed by atoms with Crippen molar-refractivity contribution in [1.82, 2.24) is 4.90 Å². The number of nitrogens with zero attached hydrogens (tertiary/aromatic N) is 1. The molecule has 1 amide bonds. The Morgan fingerprint density at radius 2 is 1.77 bits per heavy atom. The standard InChI is InChI=1S/C25H35NO3Si/c1-25(2,3)30(4,5)29-15-19-14-28-24(27)26(19)23-21(16-9-7-6-8-10-16)20-17-11-12-18(13-17)22(20)23/h6-10,17-20,22H,11-15H2,1-5H3/t17-,18+,19+,20-,22-/m1/s1. The van der Waals surface area contributed by atoms with Crippen LogP contribution in [0.25, 0.3) is 5.57 Å². The Kier molecular flexibility index (Phi) is 4.71. The van der Waals surface area contributed by atoms with E-state index in [-0.39, 0.29) is 17.2 Å². The fourth-order valence-corrected chi connectivity index (χ4v) is 7.04. The monoisotopic (exact) mass is 425 g/mol. The van der Waals surface area contributed by atoms with Crippen LogP contribution in [0.4, 0.5) is 4.79 Å². The molecule has 1 aromatic carbocycles. The summed E-state index contributed by atoms with van der Waals surface area (Å²) in [6, 6.07) is 10.7. The number of allylic oxidation sites excluding steroid dienone is 2. The minimum absolute atomic E-state index is 0.0135. The highest BCUT2D eigenvalue weighted by atomic mass is 28.4. The molecule has 0 unspecified atom stereocenters. The van der Waals surface area contributed by atoms with E-state index in [9.17, 15) is 4.79 Å². The Bertz CT molecular complexity index is 872. The summed E-state index contributed by atoms with van der Waals surface area (Å²) in [7, 11) is -1.88. The summed E-state index contributed by atoms with van der Waals surface area (Å²) in [6.07, 6.45) is 3.80. The molecule has 0 N–H and O–H groups in total. The average molecular weight is 426 g/mol. The largest absolute Gasteiger partial charge is 0.447 e. The number of carbonyl (C=O) groups is 1. The molecule has 2 bridgehead atoms. The van der Waals surface area contributed by atoms with Gasteiger partial charge in [-0.05, 0) is 66.3 Å². The zero-order valence-corrected chi connectivity index (χ0v) is 20.0. The molecule has 4 aliphatic rings. The van der Waals surface area contributed by atoms with Crippen molar-refractivity contribution in [2.45, 2.75) is 64.2 Å². The molecule has 30 heavy (non-hydrogen) atoms. The van der Waals surface area contributed by atoms with Crippen LogP contribution in [0.5, 0.6) is 0 Å². The maximum absolute atomic E-state index is 12.9. The molecule has 0 radical (unpaired) electrons. The van der Waals surface area contributed by atoms with Crippen molar-refractivity contribution >= 4 is 20.0 Å². The van der Waals surface area contributed by atoms with Crippen molar-refractivity contribution in [2.24, 2.45) is 23.7 Å². The van der Waals surface area contributed by atoms with Gasteiger partial charge in [-0.25, -0.2) is 4.79 Å². The summed E-state index contributed by atoms with van der Waals surface area (Å²) in [6.45, 7) is 12.3. The Labute approximate surface area is 181 Å². The smallest absolute Gasteiger partial charge is 0.414 e. The van der Waals surface area contributed by atoms with Gasteiger partial charge in [-0.2, -0.15) is 0 Å². The van der Waals surface area contributed by atoms with Crippen molar-refractivity contribution in [1.29, 1.82) is 0 Å². The van der Waals surface area contributed by atoms with E-state index in [0.29, 0.717) is 25.0 Å². The molecule has 1 aromatic rings.